The molecule has 1 amide bonds. The summed E-state index contributed by atoms with van der Waals surface area (Å²) in [6.07, 6.45) is -0.941. The smallest absolute Gasteiger partial charge is 0.369 e. The van der Waals surface area contributed by atoms with E-state index < -0.39 is 28.7 Å². The number of benzene rings is 1. The Kier molecular flexibility index (Phi) is 3.74. The van der Waals surface area contributed by atoms with Crippen molar-refractivity contribution in [2.45, 2.75) is 43.8 Å². The van der Waals surface area contributed by atoms with Crippen LogP contribution in [0.3, 0.4) is 0 Å². The molecule has 1 heterocycles. The van der Waals surface area contributed by atoms with Crippen molar-refractivity contribution in [2.75, 3.05) is 4.90 Å². The van der Waals surface area contributed by atoms with Crippen LogP contribution in [0.25, 0.3) is 0 Å². The van der Waals surface area contributed by atoms with Crippen molar-refractivity contribution in [1.82, 2.24) is 0 Å². The van der Waals surface area contributed by atoms with Crippen LogP contribution in [-0.2, 0) is 11.0 Å². The van der Waals surface area contributed by atoms with Crippen molar-refractivity contribution >= 4 is 17.6 Å². The maximum atomic E-state index is 13.1. The number of amides is 1. The van der Waals surface area contributed by atoms with Gasteiger partial charge in [-0.05, 0) is 31.0 Å². The second-order valence-corrected chi connectivity index (χ2v) is 6.04. The molecule has 24 heavy (non-hydrogen) atoms. The monoisotopic (exact) mass is 336 g/mol. The highest BCUT2D eigenvalue weighted by molar-refractivity contribution is 6.23. The largest absolute Gasteiger partial charge is 0.417 e. The van der Waals surface area contributed by atoms with E-state index in [0.717, 1.165) is 36.3 Å². The molecule has 0 saturated heterocycles. The van der Waals surface area contributed by atoms with Gasteiger partial charge in [0.1, 0.15) is 5.54 Å². The van der Waals surface area contributed by atoms with Crippen LogP contribution in [0.2, 0.25) is 0 Å². The Bertz CT molecular complexity index is 758. The van der Waals surface area contributed by atoms with Gasteiger partial charge in [-0.3, -0.25) is 4.79 Å². The Balaban J connectivity index is 2.03. The minimum atomic E-state index is -4.70. The van der Waals surface area contributed by atoms with Gasteiger partial charge >= 0.3 is 6.18 Å². The molecule has 0 atom stereocenters. The van der Waals surface area contributed by atoms with Gasteiger partial charge in [-0.15, -0.1) is 0 Å². The highest BCUT2D eigenvalue weighted by atomic mass is 19.4. The average Bonchev–Trinajstić information content (AvgIpc) is 2.77. The molecule has 0 radical (unpaired) electrons. The van der Waals surface area contributed by atoms with Gasteiger partial charge in [0.25, 0.3) is 5.91 Å². The number of halogens is 3. The molecular weight excluding hydrogens is 321 g/mol. The lowest BCUT2D eigenvalue weighted by molar-refractivity contribution is -0.137. The molecule has 0 aromatic heterocycles. The Morgan fingerprint density at radius 3 is 2.50 bits per heavy atom. The van der Waals surface area contributed by atoms with Gasteiger partial charge in [0, 0.05) is 0 Å². The zero-order valence-electron chi connectivity index (χ0n) is 12.7. The fourth-order valence-electron chi connectivity index (χ4n) is 3.34. The Hall–Kier alpha value is -2.56. The Morgan fingerprint density at radius 1 is 1.25 bits per heavy atom. The second kappa shape index (κ2) is 5.51. The molecule has 2 aliphatic rings. The maximum absolute atomic E-state index is 13.1. The molecule has 1 fully saturated rings. The zero-order chi connectivity index (χ0) is 17.5. The topological polar surface area (TPSA) is 82.5 Å². The van der Waals surface area contributed by atoms with Crippen LogP contribution >= 0.6 is 0 Å². The van der Waals surface area contributed by atoms with Gasteiger partial charge in [0.15, 0.2) is 0 Å². The minimum absolute atomic E-state index is 0.0185. The van der Waals surface area contributed by atoms with Crippen molar-refractivity contribution in [3.05, 3.63) is 29.3 Å². The predicted octanol–water partition coefficient (Wildman–Crippen LogP) is 2.94. The second-order valence-electron chi connectivity index (χ2n) is 6.04. The predicted molar refractivity (Wildman–Crippen MR) is 81.1 cm³/mol. The number of hydrogen-bond donors (Lipinski definition) is 1. The summed E-state index contributed by atoms with van der Waals surface area (Å²) >= 11 is 0. The molecule has 1 aliphatic heterocycles. The van der Waals surface area contributed by atoms with Crippen molar-refractivity contribution in [1.29, 1.82) is 5.26 Å². The number of nitriles is 1. The van der Waals surface area contributed by atoms with Gasteiger partial charge in [0.05, 0.1) is 22.9 Å². The number of carbonyl (C=O) groups is 1. The lowest BCUT2D eigenvalue weighted by atomic mass is 9.82. The lowest BCUT2D eigenvalue weighted by Gasteiger charge is -2.29. The van der Waals surface area contributed by atoms with E-state index in [4.69, 9.17) is 11.0 Å². The van der Waals surface area contributed by atoms with Gasteiger partial charge < -0.3 is 5.73 Å². The summed E-state index contributed by atoms with van der Waals surface area (Å²) in [6.45, 7) is 0. The minimum Gasteiger partial charge on any atom is -0.369 e. The lowest BCUT2D eigenvalue weighted by Crippen LogP contribution is -2.45. The third-order valence-electron chi connectivity index (χ3n) is 4.53. The highest BCUT2D eigenvalue weighted by Crippen LogP contribution is 2.40. The Morgan fingerprint density at radius 2 is 1.92 bits per heavy atom. The van der Waals surface area contributed by atoms with Crippen molar-refractivity contribution in [3.63, 3.8) is 0 Å². The first-order chi connectivity index (χ1) is 11.3. The Labute approximate surface area is 136 Å². The number of hydrogen-bond acceptors (Lipinski definition) is 4. The normalized spacial score (nSPS) is 20.2. The van der Waals surface area contributed by atoms with Gasteiger partial charge in [0.2, 0.25) is 5.96 Å². The highest BCUT2D eigenvalue weighted by Gasteiger charge is 2.49. The van der Waals surface area contributed by atoms with E-state index in [2.05, 4.69) is 4.99 Å². The molecular formula is C16H15F3N4O. The number of nitrogens with two attached hydrogens (primary N) is 1. The summed E-state index contributed by atoms with van der Waals surface area (Å²) in [4.78, 5) is 18.1. The van der Waals surface area contributed by atoms with E-state index >= 15 is 0 Å². The standard InChI is InChI=1S/C16H15F3N4O/c17-16(18,19)12-8-11(5-4-10(12)9-20)23-13(24)15(22-14(23)21)6-2-1-3-7-15/h4-5,8H,1-3,6-7H2,(H2,21,22). The summed E-state index contributed by atoms with van der Waals surface area (Å²) in [5, 5.41) is 8.86. The third kappa shape index (κ3) is 2.50. The first kappa shape index (κ1) is 16.3. The molecule has 5 nitrogen and oxygen atoms in total. The molecule has 1 saturated carbocycles. The van der Waals surface area contributed by atoms with Gasteiger partial charge in [-0.1, -0.05) is 19.3 Å². The first-order valence-corrected chi connectivity index (χ1v) is 7.60. The van der Waals surface area contributed by atoms with Crippen molar-refractivity contribution < 1.29 is 18.0 Å². The van der Waals surface area contributed by atoms with Crippen LogP contribution in [0.4, 0.5) is 18.9 Å². The summed E-state index contributed by atoms with van der Waals surface area (Å²) in [7, 11) is 0. The van der Waals surface area contributed by atoms with E-state index in [0.29, 0.717) is 12.8 Å². The summed E-state index contributed by atoms with van der Waals surface area (Å²) in [5.41, 5.74) is 3.29. The molecule has 1 aromatic carbocycles. The van der Waals surface area contributed by atoms with E-state index in [1.54, 1.807) is 0 Å². The molecule has 0 bridgehead atoms. The molecule has 126 valence electrons. The number of aliphatic imine (C=N–C) groups is 1. The van der Waals surface area contributed by atoms with E-state index in [9.17, 15) is 18.0 Å². The van der Waals surface area contributed by atoms with Crippen LogP contribution in [0.5, 0.6) is 0 Å². The van der Waals surface area contributed by atoms with E-state index in [1.165, 1.54) is 12.1 Å². The fraction of sp³-hybridized carbons (Fsp3) is 0.438. The molecule has 2 N–H and O–H groups in total. The summed E-state index contributed by atoms with van der Waals surface area (Å²) < 4.78 is 39.4. The quantitative estimate of drug-likeness (QED) is 0.856. The number of guanidine groups is 1. The molecule has 3 rings (SSSR count). The van der Waals surface area contributed by atoms with E-state index in [-0.39, 0.29) is 11.6 Å². The molecule has 1 spiro atoms. The summed E-state index contributed by atoms with van der Waals surface area (Å²) in [6, 6.07) is 4.63. The van der Waals surface area contributed by atoms with Gasteiger partial charge in [-0.25, -0.2) is 9.89 Å². The maximum Gasteiger partial charge on any atom is 0.417 e. The van der Waals surface area contributed by atoms with Crippen molar-refractivity contribution in [3.8, 4) is 6.07 Å². The van der Waals surface area contributed by atoms with Gasteiger partial charge in [-0.2, -0.15) is 18.4 Å². The van der Waals surface area contributed by atoms with Crippen molar-refractivity contribution in [2.24, 2.45) is 10.7 Å². The van der Waals surface area contributed by atoms with E-state index in [1.807, 2.05) is 0 Å². The first-order valence-electron chi connectivity index (χ1n) is 7.60. The zero-order valence-corrected chi connectivity index (χ0v) is 12.7. The number of nitrogens with zero attached hydrogens (tertiary/aromatic N) is 3. The average molecular weight is 336 g/mol. The van der Waals surface area contributed by atoms with Crippen LogP contribution in [0, 0.1) is 11.3 Å². The number of alkyl halides is 3. The number of carbonyl (C=O) groups excluding carboxylic acids is 1. The molecule has 8 heteroatoms. The number of rotatable bonds is 1. The van der Waals surface area contributed by atoms with Crippen LogP contribution in [0.15, 0.2) is 23.2 Å². The third-order valence-corrected chi connectivity index (χ3v) is 4.53. The summed E-state index contributed by atoms with van der Waals surface area (Å²) in [5.74, 6) is -0.489. The van der Waals surface area contributed by atoms with Crippen LogP contribution < -0.4 is 10.6 Å². The fourth-order valence-corrected chi connectivity index (χ4v) is 3.34. The molecule has 1 aliphatic carbocycles. The molecule has 1 aromatic rings. The van der Waals surface area contributed by atoms with Crippen LogP contribution in [-0.4, -0.2) is 17.4 Å². The van der Waals surface area contributed by atoms with Crippen LogP contribution in [0.1, 0.15) is 43.2 Å². The SMILES string of the molecule is N#Cc1ccc(N2C(=O)C3(CCCCC3)N=C2N)cc1C(F)(F)F. The number of anilines is 1. The molecule has 0 unspecified atom stereocenters.